The van der Waals surface area contributed by atoms with E-state index < -0.39 is 12.0 Å². The van der Waals surface area contributed by atoms with Crippen molar-refractivity contribution in [2.75, 3.05) is 33.2 Å². The van der Waals surface area contributed by atoms with Crippen molar-refractivity contribution in [1.82, 2.24) is 15.0 Å². The van der Waals surface area contributed by atoms with Crippen LogP contribution in [-0.4, -0.2) is 42.8 Å². The normalized spacial score (nSPS) is 11.5. The van der Waals surface area contributed by atoms with Gasteiger partial charge in [-0.2, -0.15) is 13.2 Å². The fourth-order valence-corrected chi connectivity index (χ4v) is 4.13. The zero-order valence-electron chi connectivity index (χ0n) is 18.6. The second-order valence-corrected chi connectivity index (χ2v) is 8.09. The Morgan fingerprint density at radius 3 is 2.26 bits per heavy atom. The molecule has 0 atom stereocenters. The maximum Gasteiger partial charge on any atom is 0.451 e. The van der Waals surface area contributed by atoms with Gasteiger partial charge in [0.05, 0.1) is 37.5 Å². The molecule has 0 unspecified atom stereocenters. The minimum Gasteiger partial charge on any atom is -0.497 e. The van der Waals surface area contributed by atoms with Crippen LogP contribution in [-0.2, 0) is 12.6 Å². The maximum absolute atomic E-state index is 13.4. The number of fused-ring (bicyclic) bond motifs is 1. The van der Waals surface area contributed by atoms with Gasteiger partial charge in [-0.3, -0.25) is 0 Å². The van der Waals surface area contributed by atoms with E-state index in [1.807, 2.05) is 29.6 Å². The number of aromatic nitrogens is 3. The summed E-state index contributed by atoms with van der Waals surface area (Å²) >= 11 is 1.48. The van der Waals surface area contributed by atoms with Gasteiger partial charge in [-0.05, 0) is 30.3 Å². The maximum atomic E-state index is 13.4. The summed E-state index contributed by atoms with van der Waals surface area (Å²) in [4.78, 5) is 12.0. The van der Waals surface area contributed by atoms with Crippen molar-refractivity contribution in [2.45, 2.75) is 12.6 Å². The second-order valence-electron chi connectivity index (χ2n) is 7.15. The Morgan fingerprint density at radius 2 is 1.62 bits per heavy atom. The van der Waals surface area contributed by atoms with Gasteiger partial charge >= 0.3 is 6.18 Å². The fraction of sp³-hybridized carbons (Fsp3) is 0.261. The average Bonchev–Trinajstić information content (AvgIpc) is 3.31. The number of nitrogens with zero attached hydrogens (tertiary/aromatic N) is 3. The van der Waals surface area contributed by atoms with Crippen LogP contribution in [0.4, 0.5) is 19.0 Å². The molecule has 7 nitrogen and oxygen atoms in total. The number of hydrogen-bond acceptors (Lipinski definition) is 8. The first-order valence-electron chi connectivity index (χ1n) is 10.2. The lowest BCUT2D eigenvalue weighted by Crippen LogP contribution is -2.15. The van der Waals surface area contributed by atoms with E-state index in [0.717, 1.165) is 22.0 Å². The lowest BCUT2D eigenvalue weighted by atomic mass is 10.2. The second kappa shape index (κ2) is 9.72. The number of halogens is 3. The van der Waals surface area contributed by atoms with E-state index in [2.05, 4.69) is 20.3 Å². The number of alkyl halides is 3. The SMILES string of the molecule is COc1ccc(-c2csc(CCNc3nc(C(F)(F)F)nc4cc(OC)c(OC)cc34)n2)cc1. The highest BCUT2D eigenvalue weighted by Crippen LogP contribution is 2.36. The molecule has 2 heterocycles. The first-order chi connectivity index (χ1) is 16.3. The zero-order chi connectivity index (χ0) is 24.3. The Morgan fingerprint density at radius 1 is 0.912 bits per heavy atom. The van der Waals surface area contributed by atoms with Gasteiger partial charge in [0.15, 0.2) is 11.5 Å². The van der Waals surface area contributed by atoms with E-state index in [1.165, 1.54) is 31.6 Å². The molecule has 0 fully saturated rings. The largest absolute Gasteiger partial charge is 0.497 e. The van der Waals surface area contributed by atoms with E-state index >= 15 is 0 Å². The van der Waals surface area contributed by atoms with Crippen LogP contribution in [0.25, 0.3) is 22.2 Å². The molecule has 0 aliphatic carbocycles. The molecule has 4 rings (SSSR count). The van der Waals surface area contributed by atoms with Crippen LogP contribution in [0.15, 0.2) is 41.8 Å². The molecule has 0 spiro atoms. The monoisotopic (exact) mass is 490 g/mol. The highest BCUT2D eigenvalue weighted by Gasteiger charge is 2.35. The molecular weight excluding hydrogens is 469 g/mol. The summed E-state index contributed by atoms with van der Waals surface area (Å²) in [6, 6.07) is 10.5. The molecule has 0 saturated carbocycles. The van der Waals surface area contributed by atoms with Gasteiger partial charge in [0.2, 0.25) is 5.82 Å². The molecule has 178 valence electrons. The summed E-state index contributed by atoms with van der Waals surface area (Å²) in [6.07, 6.45) is -4.19. The van der Waals surface area contributed by atoms with Crippen molar-refractivity contribution in [2.24, 2.45) is 0 Å². The van der Waals surface area contributed by atoms with Crippen LogP contribution < -0.4 is 19.5 Å². The van der Waals surface area contributed by atoms with E-state index in [-0.39, 0.29) is 17.1 Å². The van der Waals surface area contributed by atoms with Gasteiger partial charge in [-0.1, -0.05) is 0 Å². The van der Waals surface area contributed by atoms with Crippen molar-refractivity contribution in [3.8, 4) is 28.5 Å². The summed E-state index contributed by atoms with van der Waals surface area (Å²) in [5.74, 6) is 0.232. The smallest absolute Gasteiger partial charge is 0.451 e. The lowest BCUT2D eigenvalue weighted by Gasteiger charge is -2.14. The lowest BCUT2D eigenvalue weighted by molar-refractivity contribution is -0.144. The Labute approximate surface area is 197 Å². The molecule has 0 bridgehead atoms. The highest BCUT2D eigenvalue weighted by atomic mass is 32.1. The predicted octanol–water partition coefficient (Wildman–Crippen LogP) is 5.45. The summed E-state index contributed by atoms with van der Waals surface area (Å²) < 4.78 is 55.8. The average molecular weight is 491 g/mol. The van der Waals surface area contributed by atoms with Gasteiger partial charge < -0.3 is 19.5 Å². The molecule has 0 aliphatic rings. The summed E-state index contributed by atoms with van der Waals surface area (Å²) in [5.41, 5.74) is 1.87. The van der Waals surface area contributed by atoms with Crippen LogP contribution in [0.5, 0.6) is 17.2 Å². The van der Waals surface area contributed by atoms with Crippen LogP contribution in [0.1, 0.15) is 10.8 Å². The molecule has 11 heteroatoms. The summed E-state index contributed by atoms with van der Waals surface area (Å²) in [6.45, 7) is 0.327. The third-order valence-corrected chi connectivity index (χ3v) is 5.93. The number of benzene rings is 2. The number of methoxy groups -OCH3 is 3. The number of rotatable bonds is 8. The molecule has 1 N–H and O–H groups in total. The van der Waals surface area contributed by atoms with E-state index in [9.17, 15) is 13.2 Å². The van der Waals surface area contributed by atoms with Gasteiger partial charge in [0, 0.05) is 35.4 Å². The number of hydrogen-bond donors (Lipinski definition) is 1. The van der Waals surface area contributed by atoms with Crippen LogP contribution in [0.2, 0.25) is 0 Å². The van der Waals surface area contributed by atoms with Crippen LogP contribution in [0, 0.1) is 0 Å². The van der Waals surface area contributed by atoms with Crippen molar-refractivity contribution in [3.63, 3.8) is 0 Å². The Kier molecular flexibility index (Phi) is 6.73. The van der Waals surface area contributed by atoms with Crippen molar-refractivity contribution < 1.29 is 27.4 Å². The molecule has 2 aromatic carbocycles. The van der Waals surface area contributed by atoms with Gasteiger partial charge in [-0.25, -0.2) is 15.0 Å². The van der Waals surface area contributed by atoms with Gasteiger partial charge in [-0.15, -0.1) is 11.3 Å². The Bertz CT molecular complexity index is 1290. The molecule has 0 saturated heterocycles. The quantitative estimate of drug-likeness (QED) is 0.352. The van der Waals surface area contributed by atoms with Gasteiger partial charge in [0.1, 0.15) is 11.6 Å². The third-order valence-electron chi connectivity index (χ3n) is 5.02. The Balaban J connectivity index is 1.56. The third kappa shape index (κ3) is 4.98. The van der Waals surface area contributed by atoms with Crippen molar-refractivity contribution in [1.29, 1.82) is 0 Å². The molecule has 0 amide bonds. The van der Waals surface area contributed by atoms with Crippen LogP contribution in [0.3, 0.4) is 0 Å². The Hall–Kier alpha value is -3.60. The molecular formula is C23H21F3N4O3S. The number of ether oxygens (including phenoxy) is 3. The number of anilines is 1. The van der Waals surface area contributed by atoms with E-state index in [0.29, 0.717) is 24.1 Å². The predicted molar refractivity (Wildman–Crippen MR) is 124 cm³/mol. The first-order valence-corrected chi connectivity index (χ1v) is 11.0. The molecule has 0 radical (unpaired) electrons. The molecule has 34 heavy (non-hydrogen) atoms. The first kappa shape index (κ1) is 23.6. The van der Waals surface area contributed by atoms with Gasteiger partial charge in [0.25, 0.3) is 0 Å². The molecule has 4 aromatic rings. The van der Waals surface area contributed by atoms with E-state index in [1.54, 1.807) is 13.2 Å². The topological polar surface area (TPSA) is 78.4 Å². The molecule has 0 aliphatic heterocycles. The number of nitrogens with one attached hydrogen (secondary N) is 1. The minimum atomic E-state index is -4.69. The molecule has 2 aromatic heterocycles. The van der Waals surface area contributed by atoms with Crippen LogP contribution >= 0.6 is 11.3 Å². The minimum absolute atomic E-state index is 0.0604. The highest BCUT2D eigenvalue weighted by molar-refractivity contribution is 7.09. The standard InChI is InChI=1S/C23H21F3N4O3S/c1-31-14-6-4-13(5-7-14)17-12-34-20(28-17)8-9-27-21-15-10-18(32-2)19(33-3)11-16(15)29-22(30-21)23(24,25)26/h4-7,10-12H,8-9H2,1-3H3,(H,27,29,30). The van der Waals surface area contributed by atoms with E-state index in [4.69, 9.17) is 14.2 Å². The van der Waals surface area contributed by atoms with Crippen molar-refractivity contribution in [3.05, 3.63) is 52.6 Å². The fourth-order valence-electron chi connectivity index (χ4n) is 3.33. The zero-order valence-corrected chi connectivity index (χ0v) is 19.4. The summed E-state index contributed by atoms with van der Waals surface area (Å²) in [7, 11) is 4.46. The van der Waals surface area contributed by atoms with Crippen molar-refractivity contribution >= 4 is 28.1 Å². The summed E-state index contributed by atoms with van der Waals surface area (Å²) in [5, 5.41) is 6.18. The number of thiazole rings is 1.